The summed E-state index contributed by atoms with van der Waals surface area (Å²) in [5, 5.41) is 0. The van der Waals surface area contributed by atoms with Gasteiger partial charge in [0.1, 0.15) is 5.82 Å². The molecule has 0 spiro atoms. The minimum Gasteiger partial charge on any atom is -0.370 e. The van der Waals surface area contributed by atoms with Gasteiger partial charge in [-0.3, -0.25) is 4.31 Å². The van der Waals surface area contributed by atoms with Gasteiger partial charge in [-0.05, 0) is 46.2 Å². The summed E-state index contributed by atoms with van der Waals surface area (Å²) in [5.74, 6) is -0.450. The molecule has 22 heavy (non-hydrogen) atoms. The van der Waals surface area contributed by atoms with Gasteiger partial charge in [-0.15, -0.1) is 0 Å². The van der Waals surface area contributed by atoms with Crippen LogP contribution in [0.5, 0.6) is 0 Å². The highest BCUT2D eigenvalue weighted by Gasteiger charge is 2.32. The third kappa shape index (κ3) is 4.12. The number of hydrogen-bond acceptors (Lipinski definition) is 3. The number of rotatable bonds is 5. The van der Waals surface area contributed by atoms with E-state index in [9.17, 15) is 12.8 Å². The summed E-state index contributed by atoms with van der Waals surface area (Å²) in [6.07, 6.45) is 2.05. The zero-order chi connectivity index (χ0) is 17.3. The lowest BCUT2D eigenvalue weighted by Gasteiger charge is -2.39. The van der Waals surface area contributed by atoms with E-state index in [1.165, 1.54) is 16.4 Å². The SMILES string of the molecule is CCC(C)N(C)c1ccc(F)cc1N(C(C)(C)C)S(C)(=O)=O. The molecule has 0 aromatic heterocycles. The molecular formula is C16H27FN2O2S. The van der Waals surface area contributed by atoms with Gasteiger partial charge in [-0.25, -0.2) is 12.8 Å². The van der Waals surface area contributed by atoms with Crippen molar-refractivity contribution < 1.29 is 12.8 Å². The third-order valence-corrected chi connectivity index (χ3v) is 5.14. The Morgan fingerprint density at radius 2 is 1.77 bits per heavy atom. The largest absolute Gasteiger partial charge is 0.370 e. The van der Waals surface area contributed by atoms with E-state index in [2.05, 4.69) is 13.8 Å². The van der Waals surface area contributed by atoms with Gasteiger partial charge < -0.3 is 4.90 Å². The highest BCUT2D eigenvalue weighted by Crippen LogP contribution is 2.36. The molecular weight excluding hydrogens is 303 g/mol. The van der Waals surface area contributed by atoms with Crippen molar-refractivity contribution in [1.29, 1.82) is 0 Å². The molecule has 1 atom stereocenters. The number of hydrogen-bond donors (Lipinski definition) is 0. The van der Waals surface area contributed by atoms with Gasteiger partial charge in [0.05, 0.1) is 17.6 Å². The molecule has 1 rings (SSSR count). The van der Waals surface area contributed by atoms with Crippen LogP contribution in [0.25, 0.3) is 0 Å². The monoisotopic (exact) mass is 330 g/mol. The second kappa shape index (κ2) is 6.44. The molecule has 6 heteroatoms. The van der Waals surface area contributed by atoms with Crippen LogP contribution in [0.4, 0.5) is 15.8 Å². The second-order valence-electron chi connectivity index (χ2n) is 6.70. The summed E-state index contributed by atoms with van der Waals surface area (Å²) >= 11 is 0. The normalized spacial score (nSPS) is 13.8. The Hall–Kier alpha value is -1.30. The third-order valence-electron chi connectivity index (χ3n) is 3.73. The number of benzene rings is 1. The second-order valence-corrected chi connectivity index (χ2v) is 8.53. The van der Waals surface area contributed by atoms with E-state index in [4.69, 9.17) is 0 Å². The molecule has 0 amide bonds. The summed E-state index contributed by atoms with van der Waals surface area (Å²) in [5.41, 5.74) is 0.390. The zero-order valence-electron chi connectivity index (χ0n) is 14.5. The van der Waals surface area contributed by atoms with Gasteiger partial charge in [0.2, 0.25) is 10.0 Å². The van der Waals surface area contributed by atoms with Crippen molar-refractivity contribution in [3.8, 4) is 0 Å². The Labute approximate surface area is 134 Å². The first kappa shape index (κ1) is 18.7. The van der Waals surface area contributed by atoms with E-state index in [1.54, 1.807) is 26.8 Å². The van der Waals surface area contributed by atoms with Gasteiger partial charge in [-0.2, -0.15) is 0 Å². The first-order chi connectivity index (χ1) is 9.89. The summed E-state index contributed by atoms with van der Waals surface area (Å²) in [7, 11) is -1.64. The van der Waals surface area contributed by atoms with Crippen molar-refractivity contribution in [2.24, 2.45) is 0 Å². The molecule has 0 bridgehead atoms. The van der Waals surface area contributed by atoms with Crippen LogP contribution in [0.2, 0.25) is 0 Å². The van der Waals surface area contributed by atoms with E-state index in [-0.39, 0.29) is 6.04 Å². The fourth-order valence-corrected chi connectivity index (χ4v) is 4.00. The molecule has 4 nitrogen and oxygen atoms in total. The van der Waals surface area contributed by atoms with Crippen molar-refractivity contribution in [2.45, 2.75) is 52.6 Å². The van der Waals surface area contributed by atoms with Crippen LogP contribution in [0, 0.1) is 5.82 Å². The van der Waals surface area contributed by atoms with Crippen LogP contribution in [0.15, 0.2) is 18.2 Å². The minimum atomic E-state index is -3.54. The molecule has 1 unspecified atom stereocenters. The smallest absolute Gasteiger partial charge is 0.232 e. The summed E-state index contributed by atoms with van der Waals surface area (Å²) in [4.78, 5) is 1.98. The highest BCUT2D eigenvalue weighted by molar-refractivity contribution is 7.92. The van der Waals surface area contributed by atoms with Crippen LogP contribution in [0.1, 0.15) is 41.0 Å². The average molecular weight is 330 g/mol. The lowest BCUT2D eigenvalue weighted by molar-refractivity contribution is 0.537. The van der Waals surface area contributed by atoms with Crippen molar-refractivity contribution in [3.05, 3.63) is 24.0 Å². The maximum absolute atomic E-state index is 13.8. The van der Waals surface area contributed by atoms with Crippen LogP contribution in [0.3, 0.4) is 0 Å². The van der Waals surface area contributed by atoms with Crippen LogP contribution in [-0.2, 0) is 10.0 Å². The molecule has 0 fully saturated rings. The molecule has 0 aliphatic heterocycles. The van der Waals surface area contributed by atoms with Gasteiger partial charge in [-0.1, -0.05) is 6.92 Å². The van der Waals surface area contributed by atoms with Gasteiger partial charge in [0.15, 0.2) is 0 Å². The summed E-state index contributed by atoms with van der Waals surface area (Å²) in [6.45, 7) is 9.50. The fourth-order valence-electron chi connectivity index (χ4n) is 2.51. The maximum Gasteiger partial charge on any atom is 0.232 e. The molecule has 0 saturated carbocycles. The summed E-state index contributed by atoms with van der Waals surface area (Å²) < 4.78 is 39.7. The first-order valence-electron chi connectivity index (χ1n) is 7.42. The Morgan fingerprint density at radius 1 is 1.23 bits per heavy atom. The van der Waals surface area contributed by atoms with E-state index in [0.717, 1.165) is 12.7 Å². The van der Waals surface area contributed by atoms with E-state index in [0.29, 0.717) is 11.4 Å². The molecule has 126 valence electrons. The average Bonchev–Trinajstić information content (AvgIpc) is 2.33. The minimum absolute atomic E-state index is 0.214. The quantitative estimate of drug-likeness (QED) is 0.828. The number of nitrogens with zero attached hydrogens (tertiary/aromatic N) is 2. The Bertz CT molecular complexity index is 624. The predicted molar refractivity (Wildman–Crippen MR) is 91.6 cm³/mol. The summed E-state index contributed by atoms with van der Waals surface area (Å²) in [6, 6.07) is 4.51. The molecule has 1 aromatic rings. The Kier molecular flexibility index (Phi) is 5.49. The Morgan fingerprint density at radius 3 is 2.18 bits per heavy atom. The molecule has 0 N–H and O–H groups in total. The molecule has 1 aromatic carbocycles. The van der Waals surface area contributed by atoms with Crippen molar-refractivity contribution in [3.63, 3.8) is 0 Å². The van der Waals surface area contributed by atoms with Gasteiger partial charge >= 0.3 is 0 Å². The number of sulfonamides is 1. The predicted octanol–water partition coefficient (Wildman–Crippen LogP) is 3.62. The van der Waals surface area contributed by atoms with Crippen LogP contribution < -0.4 is 9.21 Å². The molecule has 0 heterocycles. The lowest BCUT2D eigenvalue weighted by Crippen LogP contribution is -2.46. The van der Waals surface area contributed by atoms with E-state index in [1.807, 2.05) is 11.9 Å². The highest BCUT2D eigenvalue weighted by atomic mass is 32.2. The van der Waals surface area contributed by atoms with Crippen LogP contribution in [-0.4, -0.2) is 33.3 Å². The van der Waals surface area contributed by atoms with E-state index < -0.39 is 21.4 Å². The Balaban J connectivity index is 3.59. The maximum atomic E-state index is 13.8. The van der Waals surface area contributed by atoms with Gasteiger partial charge in [0, 0.05) is 24.7 Å². The van der Waals surface area contributed by atoms with Crippen molar-refractivity contribution in [2.75, 3.05) is 22.5 Å². The molecule has 0 aliphatic rings. The fraction of sp³-hybridized carbons (Fsp3) is 0.625. The van der Waals surface area contributed by atoms with Crippen molar-refractivity contribution in [1.82, 2.24) is 0 Å². The zero-order valence-corrected chi connectivity index (χ0v) is 15.3. The molecule has 0 aliphatic carbocycles. The first-order valence-corrected chi connectivity index (χ1v) is 9.27. The standard InChI is InChI=1S/C16H27FN2O2S/c1-8-12(2)18(6)14-10-9-13(17)11-15(14)19(16(3,4)5)22(7,20)21/h9-12H,8H2,1-7H3. The topological polar surface area (TPSA) is 40.6 Å². The van der Waals surface area contributed by atoms with E-state index >= 15 is 0 Å². The van der Waals surface area contributed by atoms with Crippen LogP contribution >= 0.6 is 0 Å². The molecule has 0 radical (unpaired) electrons. The van der Waals surface area contributed by atoms with Gasteiger partial charge in [0.25, 0.3) is 0 Å². The lowest BCUT2D eigenvalue weighted by atomic mass is 10.1. The molecule has 0 saturated heterocycles. The number of halogens is 1. The number of anilines is 2. The van der Waals surface area contributed by atoms with Crippen molar-refractivity contribution >= 4 is 21.4 Å².